The van der Waals surface area contributed by atoms with Gasteiger partial charge in [0, 0.05) is 31.9 Å². The van der Waals surface area contributed by atoms with Gasteiger partial charge in [0.05, 0.1) is 38.3 Å². The Balaban J connectivity index is 1.82. The van der Waals surface area contributed by atoms with Crippen LogP contribution in [0.3, 0.4) is 0 Å². The zero-order valence-electron chi connectivity index (χ0n) is 17.0. The SMILES string of the molecule is CCNC(=NCCOCCS(C)(=O)=O)NC1CCN(c2ccccc2OC)C1. The highest BCUT2D eigenvalue weighted by atomic mass is 32.2. The van der Waals surface area contributed by atoms with Crippen molar-refractivity contribution >= 4 is 21.5 Å². The molecule has 1 heterocycles. The van der Waals surface area contributed by atoms with Gasteiger partial charge in [-0.05, 0) is 25.5 Å². The molecular weight excluding hydrogens is 380 g/mol. The van der Waals surface area contributed by atoms with Gasteiger partial charge in [-0.15, -0.1) is 0 Å². The van der Waals surface area contributed by atoms with Crippen LogP contribution in [0.25, 0.3) is 0 Å². The molecule has 0 aromatic heterocycles. The molecule has 2 N–H and O–H groups in total. The molecular formula is C19H32N4O4S. The van der Waals surface area contributed by atoms with Gasteiger partial charge in [-0.1, -0.05) is 12.1 Å². The highest BCUT2D eigenvalue weighted by molar-refractivity contribution is 7.90. The molecule has 0 aliphatic carbocycles. The monoisotopic (exact) mass is 412 g/mol. The number of aliphatic imine (C=N–C) groups is 1. The third-order valence-corrected chi connectivity index (χ3v) is 5.31. The molecule has 1 aromatic carbocycles. The van der Waals surface area contributed by atoms with E-state index >= 15 is 0 Å². The van der Waals surface area contributed by atoms with Gasteiger partial charge in [0.2, 0.25) is 0 Å². The molecule has 158 valence electrons. The predicted octanol–water partition coefficient (Wildman–Crippen LogP) is 0.890. The van der Waals surface area contributed by atoms with E-state index in [4.69, 9.17) is 9.47 Å². The van der Waals surface area contributed by atoms with Crippen LogP contribution in [0, 0.1) is 0 Å². The van der Waals surface area contributed by atoms with Gasteiger partial charge in [-0.3, -0.25) is 4.99 Å². The molecule has 28 heavy (non-hydrogen) atoms. The van der Waals surface area contributed by atoms with Crippen molar-refractivity contribution in [3.63, 3.8) is 0 Å². The number of rotatable bonds is 10. The molecule has 1 fully saturated rings. The van der Waals surface area contributed by atoms with E-state index in [0.29, 0.717) is 13.2 Å². The molecule has 0 radical (unpaired) electrons. The number of anilines is 1. The second-order valence-electron chi connectivity index (χ2n) is 6.75. The predicted molar refractivity (Wildman–Crippen MR) is 113 cm³/mol. The Hall–Kier alpha value is -2.00. The maximum absolute atomic E-state index is 11.1. The molecule has 8 nitrogen and oxygen atoms in total. The first-order valence-corrected chi connectivity index (χ1v) is 11.7. The van der Waals surface area contributed by atoms with Crippen LogP contribution in [-0.2, 0) is 14.6 Å². The first-order chi connectivity index (χ1) is 13.4. The Morgan fingerprint density at radius 1 is 1.32 bits per heavy atom. The van der Waals surface area contributed by atoms with Gasteiger partial charge in [-0.25, -0.2) is 8.42 Å². The van der Waals surface area contributed by atoms with Crippen LogP contribution in [-0.4, -0.2) is 78.9 Å². The van der Waals surface area contributed by atoms with E-state index in [2.05, 4.69) is 26.6 Å². The minimum absolute atomic E-state index is 0.0376. The standard InChI is InChI=1S/C19H32N4O4S/c1-4-20-19(21-10-12-27-13-14-28(3,24)25)22-16-9-11-23(15-16)17-7-5-6-8-18(17)26-2/h5-8,16H,4,9-15H2,1-3H3,(H2,20,21,22). The van der Waals surface area contributed by atoms with Gasteiger partial charge >= 0.3 is 0 Å². The lowest BCUT2D eigenvalue weighted by Gasteiger charge is -2.22. The number of guanidine groups is 1. The average molecular weight is 413 g/mol. The number of sulfone groups is 1. The molecule has 0 saturated carbocycles. The summed E-state index contributed by atoms with van der Waals surface area (Å²) in [6.45, 7) is 5.68. The van der Waals surface area contributed by atoms with Gasteiger partial charge < -0.3 is 25.0 Å². The number of para-hydroxylation sites is 2. The minimum atomic E-state index is -2.98. The Morgan fingerprint density at radius 2 is 2.11 bits per heavy atom. The lowest BCUT2D eigenvalue weighted by Crippen LogP contribution is -2.44. The van der Waals surface area contributed by atoms with E-state index in [-0.39, 0.29) is 18.4 Å². The van der Waals surface area contributed by atoms with Crippen molar-refractivity contribution in [2.45, 2.75) is 19.4 Å². The number of methoxy groups -OCH3 is 1. The quantitative estimate of drug-likeness (QED) is 0.335. The molecule has 0 amide bonds. The van der Waals surface area contributed by atoms with Gasteiger partial charge in [0.1, 0.15) is 15.6 Å². The van der Waals surface area contributed by atoms with E-state index in [1.807, 2.05) is 25.1 Å². The number of hydrogen-bond acceptors (Lipinski definition) is 6. The summed E-state index contributed by atoms with van der Waals surface area (Å²) in [6, 6.07) is 8.34. The number of benzene rings is 1. The number of nitrogens with zero attached hydrogens (tertiary/aromatic N) is 2. The smallest absolute Gasteiger partial charge is 0.191 e. The summed E-state index contributed by atoms with van der Waals surface area (Å²) in [7, 11) is -1.29. The Morgan fingerprint density at radius 3 is 2.82 bits per heavy atom. The highest BCUT2D eigenvalue weighted by Gasteiger charge is 2.25. The van der Waals surface area contributed by atoms with Crippen molar-refractivity contribution in [1.29, 1.82) is 0 Å². The molecule has 1 unspecified atom stereocenters. The summed E-state index contributed by atoms with van der Waals surface area (Å²) >= 11 is 0. The lowest BCUT2D eigenvalue weighted by atomic mass is 10.2. The highest BCUT2D eigenvalue weighted by Crippen LogP contribution is 2.30. The van der Waals surface area contributed by atoms with Crippen molar-refractivity contribution < 1.29 is 17.9 Å². The minimum Gasteiger partial charge on any atom is -0.495 e. The van der Waals surface area contributed by atoms with Gasteiger partial charge in [-0.2, -0.15) is 0 Å². The van der Waals surface area contributed by atoms with Crippen molar-refractivity contribution in [2.24, 2.45) is 4.99 Å². The van der Waals surface area contributed by atoms with E-state index in [1.165, 1.54) is 6.26 Å². The molecule has 0 bridgehead atoms. The fourth-order valence-electron chi connectivity index (χ4n) is 3.04. The number of ether oxygens (including phenoxy) is 2. The fourth-order valence-corrected chi connectivity index (χ4v) is 3.46. The van der Waals surface area contributed by atoms with E-state index in [1.54, 1.807) is 7.11 Å². The van der Waals surface area contributed by atoms with Gasteiger partial charge in [0.25, 0.3) is 0 Å². The topological polar surface area (TPSA) is 92.3 Å². The van der Waals surface area contributed by atoms with Crippen molar-refractivity contribution in [3.05, 3.63) is 24.3 Å². The van der Waals surface area contributed by atoms with Crippen LogP contribution < -0.4 is 20.3 Å². The third-order valence-electron chi connectivity index (χ3n) is 4.40. The summed E-state index contributed by atoms with van der Waals surface area (Å²) in [6.07, 6.45) is 2.21. The largest absolute Gasteiger partial charge is 0.495 e. The summed E-state index contributed by atoms with van der Waals surface area (Å²) in [4.78, 5) is 6.83. The maximum atomic E-state index is 11.1. The van der Waals surface area contributed by atoms with Crippen LogP contribution in [0.4, 0.5) is 5.69 Å². The summed E-state index contributed by atoms with van der Waals surface area (Å²) in [5, 5.41) is 6.72. The zero-order chi connectivity index (χ0) is 20.4. The molecule has 9 heteroatoms. The van der Waals surface area contributed by atoms with Gasteiger partial charge in [0.15, 0.2) is 5.96 Å². The van der Waals surface area contributed by atoms with E-state index in [9.17, 15) is 8.42 Å². The summed E-state index contributed by atoms with van der Waals surface area (Å²) < 4.78 is 33.0. The molecule has 1 aromatic rings. The third kappa shape index (κ3) is 7.55. The Bertz CT molecular complexity index is 739. The van der Waals surface area contributed by atoms with Crippen molar-refractivity contribution in [3.8, 4) is 5.75 Å². The fraction of sp³-hybridized carbons (Fsp3) is 0.632. The maximum Gasteiger partial charge on any atom is 0.191 e. The average Bonchev–Trinajstić information content (AvgIpc) is 3.12. The molecule has 1 saturated heterocycles. The van der Waals surface area contributed by atoms with Crippen LogP contribution in [0.2, 0.25) is 0 Å². The van der Waals surface area contributed by atoms with Crippen LogP contribution in [0.5, 0.6) is 5.75 Å². The van der Waals surface area contributed by atoms with Crippen LogP contribution in [0.1, 0.15) is 13.3 Å². The second-order valence-corrected chi connectivity index (χ2v) is 9.01. The normalized spacial score (nSPS) is 17.6. The Kier molecular flexibility index (Phi) is 8.85. The zero-order valence-corrected chi connectivity index (χ0v) is 17.8. The van der Waals surface area contributed by atoms with Crippen LogP contribution >= 0.6 is 0 Å². The molecule has 1 aliphatic heterocycles. The molecule has 2 rings (SSSR count). The Labute approximate surface area is 168 Å². The first kappa shape index (κ1) is 22.3. The van der Waals surface area contributed by atoms with Crippen LogP contribution in [0.15, 0.2) is 29.3 Å². The van der Waals surface area contributed by atoms with E-state index < -0.39 is 9.84 Å². The molecule has 1 atom stereocenters. The van der Waals surface area contributed by atoms with E-state index in [0.717, 1.165) is 43.5 Å². The molecule has 1 aliphatic rings. The van der Waals surface area contributed by atoms with Crippen molar-refractivity contribution in [1.82, 2.24) is 10.6 Å². The number of hydrogen-bond donors (Lipinski definition) is 2. The second kappa shape index (κ2) is 11.1. The first-order valence-electron chi connectivity index (χ1n) is 9.61. The van der Waals surface area contributed by atoms with Crippen molar-refractivity contribution in [2.75, 3.05) is 63.4 Å². The lowest BCUT2D eigenvalue weighted by molar-refractivity contribution is 0.157. The summed E-state index contributed by atoms with van der Waals surface area (Å²) in [5.41, 5.74) is 1.11. The number of nitrogens with one attached hydrogen (secondary N) is 2. The molecule has 0 spiro atoms. The summed E-state index contributed by atoms with van der Waals surface area (Å²) in [5.74, 6) is 1.67.